The average molecular weight is 463 g/mol. The molecule has 0 bridgehead atoms. The maximum absolute atomic E-state index is 11.2. The quantitative estimate of drug-likeness (QED) is 0.290. The van der Waals surface area contributed by atoms with Crippen LogP contribution in [0.4, 0.5) is 0 Å². The van der Waals surface area contributed by atoms with Crippen LogP contribution in [0.5, 0.6) is 23.0 Å². The minimum absolute atomic E-state index is 0.367. The third kappa shape index (κ3) is 7.12. The highest BCUT2D eigenvalue weighted by Crippen LogP contribution is 2.33. The molecule has 0 amide bonds. The summed E-state index contributed by atoms with van der Waals surface area (Å²) in [4.78, 5) is 11.2. The third-order valence-corrected chi connectivity index (χ3v) is 4.86. The van der Waals surface area contributed by atoms with Crippen molar-refractivity contribution in [2.24, 2.45) is 0 Å². The molecule has 1 atom stereocenters. The maximum atomic E-state index is 11.2. The van der Waals surface area contributed by atoms with Crippen molar-refractivity contribution in [3.05, 3.63) is 89.5 Å². The van der Waals surface area contributed by atoms with E-state index in [2.05, 4.69) is 0 Å². The Kier molecular flexibility index (Phi) is 9.12. The molecule has 0 spiro atoms. The van der Waals surface area contributed by atoms with Crippen LogP contribution in [0.25, 0.3) is 6.08 Å². The van der Waals surface area contributed by atoms with Gasteiger partial charge >= 0.3 is 5.97 Å². The molecule has 0 radical (unpaired) electrons. The largest absolute Gasteiger partial charge is 0.494 e. The molecule has 0 aliphatic carbocycles. The zero-order valence-corrected chi connectivity index (χ0v) is 19.7. The first-order valence-electron chi connectivity index (χ1n) is 11.2. The number of carbonyl (C=O) groups is 1. The van der Waals surface area contributed by atoms with E-state index in [-0.39, 0.29) is 0 Å². The van der Waals surface area contributed by atoms with Crippen molar-refractivity contribution in [2.45, 2.75) is 33.5 Å². The van der Waals surface area contributed by atoms with Gasteiger partial charge in [0.2, 0.25) is 0 Å². The monoisotopic (exact) mass is 462 g/mol. The van der Waals surface area contributed by atoms with E-state index in [0.29, 0.717) is 48.4 Å². The lowest BCUT2D eigenvalue weighted by Crippen LogP contribution is -2.03. The van der Waals surface area contributed by atoms with Crippen molar-refractivity contribution in [2.75, 3.05) is 13.2 Å². The number of hydrogen-bond donors (Lipinski definition) is 1. The van der Waals surface area contributed by atoms with Crippen LogP contribution < -0.4 is 18.9 Å². The fraction of sp³-hybridized carbons (Fsp3) is 0.250. The zero-order valence-electron chi connectivity index (χ0n) is 19.7. The molecule has 3 aromatic rings. The molecular weight excluding hydrogens is 432 g/mol. The molecule has 3 aromatic carbocycles. The maximum Gasteiger partial charge on any atom is 0.308 e. The zero-order chi connectivity index (χ0) is 24.3. The van der Waals surface area contributed by atoms with Gasteiger partial charge in [0.05, 0.1) is 13.2 Å². The second-order valence-corrected chi connectivity index (χ2v) is 7.44. The van der Waals surface area contributed by atoms with Crippen LogP contribution in [-0.2, 0) is 11.4 Å². The number of benzene rings is 3. The van der Waals surface area contributed by atoms with Crippen LogP contribution >= 0.6 is 0 Å². The van der Waals surface area contributed by atoms with Crippen molar-refractivity contribution >= 4 is 12.0 Å². The molecule has 34 heavy (non-hydrogen) atoms. The number of ether oxygens (including phenoxy) is 4. The van der Waals surface area contributed by atoms with E-state index in [1.807, 2.05) is 50.2 Å². The molecule has 0 heterocycles. The van der Waals surface area contributed by atoms with E-state index < -0.39 is 12.1 Å². The molecule has 6 heteroatoms. The number of aliphatic hydroxyl groups is 1. The van der Waals surface area contributed by atoms with Gasteiger partial charge in [-0.05, 0) is 43.7 Å². The van der Waals surface area contributed by atoms with E-state index >= 15 is 0 Å². The van der Waals surface area contributed by atoms with Crippen molar-refractivity contribution in [1.82, 2.24) is 0 Å². The second-order valence-electron chi connectivity index (χ2n) is 7.44. The summed E-state index contributed by atoms with van der Waals surface area (Å²) in [6.45, 7) is 6.48. The molecule has 178 valence electrons. The lowest BCUT2D eigenvalue weighted by atomic mass is 10.1. The smallest absolute Gasteiger partial charge is 0.308 e. The number of rotatable bonds is 11. The molecule has 0 aliphatic rings. The lowest BCUT2D eigenvalue weighted by Gasteiger charge is -2.16. The molecule has 0 fully saturated rings. The van der Waals surface area contributed by atoms with Gasteiger partial charge in [0.15, 0.2) is 0 Å². The van der Waals surface area contributed by atoms with E-state index in [4.69, 9.17) is 18.9 Å². The molecule has 0 aliphatic heterocycles. The minimum atomic E-state index is -0.927. The molecule has 0 saturated carbocycles. The standard InChI is InChI=1S/C28H30O6/c1-4-31-23-14-15-25(28(17-23)33-19-21-9-7-6-8-10-21)26(30)16-12-22-11-13-24(34-20(3)29)18-27(22)32-5-2/h6-18,26,30H,4-5,19H2,1-3H3. The third-order valence-electron chi connectivity index (χ3n) is 4.86. The highest BCUT2D eigenvalue weighted by atomic mass is 16.5. The second kappa shape index (κ2) is 12.5. The van der Waals surface area contributed by atoms with Crippen LogP contribution in [0, 0.1) is 0 Å². The Labute approximate surface area is 200 Å². The predicted molar refractivity (Wildman–Crippen MR) is 131 cm³/mol. The van der Waals surface area contributed by atoms with Gasteiger partial charge in [0, 0.05) is 30.2 Å². The summed E-state index contributed by atoms with van der Waals surface area (Å²) in [5, 5.41) is 11.0. The Morgan fingerprint density at radius 2 is 1.59 bits per heavy atom. The summed E-state index contributed by atoms with van der Waals surface area (Å²) in [7, 11) is 0. The van der Waals surface area contributed by atoms with Crippen molar-refractivity contribution < 1.29 is 28.8 Å². The Bertz CT molecular complexity index is 1110. The lowest BCUT2D eigenvalue weighted by molar-refractivity contribution is -0.131. The first kappa shape index (κ1) is 24.9. The summed E-state index contributed by atoms with van der Waals surface area (Å²) in [5.74, 6) is 1.76. The SMILES string of the molecule is CCOc1ccc(C(O)C=Cc2ccc(OC(C)=O)cc2OCC)c(OCc2ccccc2)c1. The van der Waals surface area contributed by atoms with Crippen molar-refractivity contribution in [3.8, 4) is 23.0 Å². The molecule has 0 aromatic heterocycles. The highest BCUT2D eigenvalue weighted by Gasteiger charge is 2.14. The number of aliphatic hydroxyl groups excluding tert-OH is 1. The van der Waals surface area contributed by atoms with Crippen LogP contribution in [-0.4, -0.2) is 24.3 Å². The topological polar surface area (TPSA) is 74.2 Å². The Morgan fingerprint density at radius 1 is 0.882 bits per heavy atom. The van der Waals surface area contributed by atoms with Gasteiger partial charge in [-0.2, -0.15) is 0 Å². The fourth-order valence-electron chi connectivity index (χ4n) is 3.34. The molecule has 6 nitrogen and oxygen atoms in total. The fourth-order valence-corrected chi connectivity index (χ4v) is 3.34. The van der Waals surface area contributed by atoms with Gasteiger partial charge in [-0.3, -0.25) is 4.79 Å². The van der Waals surface area contributed by atoms with E-state index in [9.17, 15) is 9.90 Å². The van der Waals surface area contributed by atoms with Crippen LogP contribution in [0.2, 0.25) is 0 Å². The van der Waals surface area contributed by atoms with Gasteiger partial charge in [-0.15, -0.1) is 0 Å². The van der Waals surface area contributed by atoms with Gasteiger partial charge in [-0.25, -0.2) is 0 Å². The minimum Gasteiger partial charge on any atom is -0.494 e. The molecular formula is C28H30O6. The van der Waals surface area contributed by atoms with Gasteiger partial charge < -0.3 is 24.1 Å². The summed E-state index contributed by atoms with van der Waals surface area (Å²) >= 11 is 0. The van der Waals surface area contributed by atoms with Crippen LogP contribution in [0.15, 0.2) is 72.8 Å². The van der Waals surface area contributed by atoms with E-state index in [1.54, 1.807) is 42.5 Å². The van der Waals surface area contributed by atoms with Gasteiger partial charge in [0.25, 0.3) is 0 Å². The van der Waals surface area contributed by atoms with E-state index in [1.165, 1.54) is 6.92 Å². The summed E-state index contributed by atoms with van der Waals surface area (Å²) in [6, 6.07) is 20.3. The van der Waals surface area contributed by atoms with Crippen molar-refractivity contribution in [1.29, 1.82) is 0 Å². The molecule has 3 rings (SSSR count). The summed E-state index contributed by atoms with van der Waals surface area (Å²) in [5.41, 5.74) is 2.38. The first-order chi connectivity index (χ1) is 16.5. The Hall–Kier alpha value is -3.77. The Balaban J connectivity index is 1.84. The molecule has 1 N–H and O–H groups in total. The van der Waals surface area contributed by atoms with Crippen LogP contribution in [0.3, 0.4) is 0 Å². The van der Waals surface area contributed by atoms with E-state index in [0.717, 1.165) is 11.1 Å². The summed E-state index contributed by atoms with van der Waals surface area (Å²) < 4.78 is 22.5. The van der Waals surface area contributed by atoms with Gasteiger partial charge in [0.1, 0.15) is 35.7 Å². The number of hydrogen-bond acceptors (Lipinski definition) is 6. The number of carbonyl (C=O) groups excluding carboxylic acids is 1. The predicted octanol–water partition coefficient (Wildman–Crippen LogP) is 5.74. The normalized spacial score (nSPS) is 11.8. The number of esters is 1. The molecule has 1 unspecified atom stereocenters. The van der Waals surface area contributed by atoms with Crippen LogP contribution in [0.1, 0.15) is 43.6 Å². The Morgan fingerprint density at radius 3 is 2.29 bits per heavy atom. The van der Waals surface area contributed by atoms with Gasteiger partial charge in [-0.1, -0.05) is 42.5 Å². The van der Waals surface area contributed by atoms with Crippen molar-refractivity contribution in [3.63, 3.8) is 0 Å². The summed E-state index contributed by atoms with van der Waals surface area (Å²) in [6.07, 6.45) is 2.50. The molecule has 0 saturated heterocycles. The first-order valence-corrected chi connectivity index (χ1v) is 11.2. The highest BCUT2D eigenvalue weighted by molar-refractivity contribution is 5.70. The average Bonchev–Trinajstić information content (AvgIpc) is 2.83.